The van der Waals surface area contributed by atoms with Gasteiger partial charge in [-0.2, -0.15) is 0 Å². The molecule has 3 aromatic rings. The predicted molar refractivity (Wildman–Crippen MR) is 129 cm³/mol. The van der Waals surface area contributed by atoms with Gasteiger partial charge in [0, 0.05) is 48.1 Å². The van der Waals surface area contributed by atoms with Crippen LogP contribution in [0.3, 0.4) is 0 Å². The summed E-state index contributed by atoms with van der Waals surface area (Å²) >= 11 is 1.57. The third-order valence-electron chi connectivity index (χ3n) is 5.48. The molecule has 166 valence electrons. The highest BCUT2D eigenvalue weighted by molar-refractivity contribution is 7.98. The Balaban J connectivity index is 1.35. The second-order valence-corrected chi connectivity index (χ2v) is 8.47. The predicted octanol–water partition coefficient (Wildman–Crippen LogP) is 5.25. The Bertz CT molecular complexity index is 1050. The molecule has 0 aliphatic carbocycles. The summed E-state index contributed by atoms with van der Waals surface area (Å²) in [7, 11) is 0. The van der Waals surface area contributed by atoms with E-state index < -0.39 is 0 Å². The Morgan fingerprint density at radius 2 is 1.50 bits per heavy atom. The number of nitrogens with one attached hydrogen (secondary N) is 2. The Morgan fingerprint density at radius 1 is 0.875 bits per heavy atom. The van der Waals surface area contributed by atoms with E-state index in [1.54, 1.807) is 54.4 Å². The molecule has 0 radical (unpaired) electrons. The number of rotatable bonds is 5. The number of urea groups is 1. The van der Waals surface area contributed by atoms with Gasteiger partial charge >= 0.3 is 6.03 Å². The number of imidazole rings is 1. The molecule has 1 aliphatic heterocycles. The highest BCUT2D eigenvalue weighted by atomic mass is 32.2. The van der Waals surface area contributed by atoms with E-state index >= 15 is 0 Å². The van der Waals surface area contributed by atoms with E-state index in [0.29, 0.717) is 16.9 Å². The molecular weight excluding hydrogens is 422 g/mol. The summed E-state index contributed by atoms with van der Waals surface area (Å²) in [6, 6.07) is 14.5. The normalized spacial score (nSPS) is 14.0. The minimum Gasteiger partial charge on any atom is -0.325 e. The van der Waals surface area contributed by atoms with Gasteiger partial charge in [0.2, 0.25) is 0 Å². The second kappa shape index (κ2) is 10.4. The lowest BCUT2D eigenvalue weighted by atomic mass is 10.2. The molecule has 0 bridgehead atoms. The van der Waals surface area contributed by atoms with Crippen molar-refractivity contribution in [3.63, 3.8) is 0 Å². The van der Waals surface area contributed by atoms with Crippen LogP contribution in [-0.4, -0.2) is 45.7 Å². The summed E-state index contributed by atoms with van der Waals surface area (Å²) in [6.07, 6.45) is 10.1. The van der Waals surface area contributed by atoms with Gasteiger partial charge in [0.15, 0.2) is 5.16 Å². The number of aromatic nitrogens is 2. The van der Waals surface area contributed by atoms with Crippen molar-refractivity contribution in [3.05, 3.63) is 66.5 Å². The molecule has 2 aromatic carbocycles. The Kier molecular flexibility index (Phi) is 7.11. The molecule has 8 heteroatoms. The molecule has 3 amide bonds. The zero-order chi connectivity index (χ0) is 22.3. The Labute approximate surface area is 192 Å². The van der Waals surface area contributed by atoms with E-state index in [-0.39, 0.29) is 11.9 Å². The maximum Gasteiger partial charge on any atom is 0.321 e. The number of thioether (sulfide) groups is 1. The molecular formula is C24H27N5O2S. The summed E-state index contributed by atoms with van der Waals surface area (Å²) in [5.74, 6) is -0.186. The van der Waals surface area contributed by atoms with Gasteiger partial charge in [-0.3, -0.25) is 9.36 Å². The van der Waals surface area contributed by atoms with Gasteiger partial charge in [-0.25, -0.2) is 9.78 Å². The zero-order valence-electron chi connectivity index (χ0n) is 18.1. The van der Waals surface area contributed by atoms with Crippen LogP contribution in [0, 0.1) is 0 Å². The first kappa shape index (κ1) is 22.0. The molecule has 1 fully saturated rings. The topological polar surface area (TPSA) is 79.3 Å². The molecule has 7 nitrogen and oxygen atoms in total. The quantitative estimate of drug-likeness (QED) is 0.521. The van der Waals surface area contributed by atoms with Crippen LogP contribution in [0.1, 0.15) is 36.0 Å². The number of carbonyl (C=O) groups is 2. The van der Waals surface area contributed by atoms with Crippen molar-refractivity contribution in [1.29, 1.82) is 0 Å². The molecule has 0 spiro atoms. The maximum atomic E-state index is 12.6. The van der Waals surface area contributed by atoms with Crippen molar-refractivity contribution in [2.24, 2.45) is 0 Å². The van der Waals surface area contributed by atoms with Crippen LogP contribution in [0.2, 0.25) is 0 Å². The summed E-state index contributed by atoms with van der Waals surface area (Å²) in [5, 5.41) is 6.74. The van der Waals surface area contributed by atoms with Crippen LogP contribution < -0.4 is 10.6 Å². The van der Waals surface area contributed by atoms with Gasteiger partial charge in [-0.1, -0.05) is 24.6 Å². The van der Waals surface area contributed by atoms with Crippen LogP contribution in [0.5, 0.6) is 0 Å². The average Bonchev–Trinajstić information content (AvgIpc) is 3.13. The number of amides is 3. The minimum atomic E-state index is -0.186. The molecule has 0 atom stereocenters. The number of hydrogen-bond donors (Lipinski definition) is 2. The molecule has 1 aromatic heterocycles. The van der Waals surface area contributed by atoms with Crippen molar-refractivity contribution < 1.29 is 9.59 Å². The van der Waals surface area contributed by atoms with Crippen LogP contribution in [-0.2, 0) is 0 Å². The number of anilines is 2. The molecule has 2 N–H and O–H groups in total. The fourth-order valence-corrected chi connectivity index (χ4v) is 4.26. The molecule has 0 saturated carbocycles. The van der Waals surface area contributed by atoms with Gasteiger partial charge in [0.1, 0.15) is 0 Å². The van der Waals surface area contributed by atoms with E-state index in [0.717, 1.165) is 36.8 Å². The van der Waals surface area contributed by atoms with Crippen LogP contribution >= 0.6 is 11.8 Å². The van der Waals surface area contributed by atoms with Crippen molar-refractivity contribution >= 4 is 35.1 Å². The number of benzene rings is 2. The highest BCUT2D eigenvalue weighted by Gasteiger charge is 2.15. The van der Waals surface area contributed by atoms with Crippen LogP contribution in [0.25, 0.3) is 5.69 Å². The fraction of sp³-hybridized carbons (Fsp3) is 0.292. The third-order valence-corrected chi connectivity index (χ3v) is 6.15. The summed E-state index contributed by atoms with van der Waals surface area (Å²) in [4.78, 5) is 31.3. The highest BCUT2D eigenvalue weighted by Crippen LogP contribution is 2.20. The molecule has 2 heterocycles. The van der Waals surface area contributed by atoms with E-state index in [1.807, 2.05) is 34.1 Å². The van der Waals surface area contributed by atoms with E-state index in [1.165, 1.54) is 12.8 Å². The summed E-state index contributed by atoms with van der Waals surface area (Å²) in [5.41, 5.74) is 2.91. The van der Waals surface area contributed by atoms with Gasteiger partial charge in [0.25, 0.3) is 5.91 Å². The second-order valence-electron chi connectivity index (χ2n) is 7.69. The number of hydrogen-bond acceptors (Lipinski definition) is 4. The van der Waals surface area contributed by atoms with Crippen LogP contribution in [0.4, 0.5) is 16.2 Å². The van der Waals surface area contributed by atoms with Gasteiger partial charge in [-0.05, 0) is 67.6 Å². The molecule has 1 aliphatic rings. The first-order valence-corrected chi connectivity index (χ1v) is 12.0. The SMILES string of the molecule is CSc1nccn1-c1ccc(C(=O)Nc2ccc(NC(=O)N3CCCCCC3)cc2)cc1. The van der Waals surface area contributed by atoms with Gasteiger partial charge < -0.3 is 15.5 Å². The zero-order valence-corrected chi connectivity index (χ0v) is 18.9. The van der Waals surface area contributed by atoms with Gasteiger partial charge in [-0.15, -0.1) is 0 Å². The third kappa shape index (κ3) is 5.31. The standard InChI is InChI=1S/C24H27N5O2S/c1-32-24-25-14-17-29(24)21-12-6-18(7-13-21)22(30)26-19-8-10-20(11-9-19)27-23(31)28-15-4-2-3-5-16-28/h6-14,17H,2-5,15-16H2,1H3,(H,26,30)(H,27,31). The van der Waals surface area contributed by atoms with E-state index in [4.69, 9.17) is 0 Å². The average molecular weight is 450 g/mol. The van der Waals surface area contributed by atoms with Crippen molar-refractivity contribution in [2.45, 2.75) is 30.8 Å². The van der Waals surface area contributed by atoms with E-state index in [9.17, 15) is 9.59 Å². The fourth-order valence-electron chi connectivity index (χ4n) is 3.73. The molecule has 4 rings (SSSR count). The molecule has 0 unspecified atom stereocenters. The Morgan fingerprint density at radius 3 is 2.12 bits per heavy atom. The monoisotopic (exact) mass is 449 g/mol. The molecule has 1 saturated heterocycles. The first-order valence-electron chi connectivity index (χ1n) is 10.8. The minimum absolute atomic E-state index is 0.0636. The molecule has 32 heavy (non-hydrogen) atoms. The largest absolute Gasteiger partial charge is 0.325 e. The van der Waals surface area contributed by atoms with Crippen molar-refractivity contribution in [3.8, 4) is 5.69 Å². The Hall–Kier alpha value is -3.26. The number of nitrogens with zero attached hydrogens (tertiary/aromatic N) is 3. The number of carbonyl (C=O) groups excluding carboxylic acids is 2. The van der Waals surface area contributed by atoms with Crippen molar-refractivity contribution in [1.82, 2.24) is 14.5 Å². The lowest BCUT2D eigenvalue weighted by Crippen LogP contribution is -2.35. The van der Waals surface area contributed by atoms with Gasteiger partial charge in [0.05, 0.1) is 0 Å². The number of likely N-dealkylation sites (tertiary alicyclic amines) is 1. The summed E-state index contributed by atoms with van der Waals surface area (Å²) in [6.45, 7) is 1.61. The smallest absolute Gasteiger partial charge is 0.321 e. The van der Waals surface area contributed by atoms with Crippen molar-refractivity contribution in [2.75, 3.05) is 30.0 Å². The van der Waals surface area contributed by atoms with Crippen LogP contribution in [0.15, 0.2) is 66.1 Å². The lowest BCUT2D eigenvalue weighted by molar-refractivity contribution is 0.102. The van der Waals surface area contributed by atoms with E-state index in [2.05, 4.69) is 15.6 Å². The first-order chi connectivity index (χ1) is 15.6. The maximum absolute atomic E-state index is 12.6. The summed E-state index contributed by atoms with van der Waals surface area (Å²) < 4.78 is 1.98. The lowest BCUT2D eigenvalue weighted by Gasteiger charge is -2.20.